The highest BCUT2D eigenvalue weighted by Crippen LogP contribution is 1.84. The fourth-order valence-electron chi connectivity index (χ4n) is 0. The van der Waals surface area contributed by atoms with Gasteiger partial charge in [-0.3, -0.25) is 0 Å². The van der Waals surface area contributed by atoms with Crippen LogP contribution in [-0.2, 0) is 9.84 Å². The summed E-state index contributed by atoms with van der Waals surface area (Å²) in [6, 6.07) is 0. The predicted molar refractivity (Wildman–Crippen MR) is 28.2 cm³/mol. The van der Waals surface area contributed by atoms with Crippen LogP contribution in [0.25, 0.3) is 0 Å². The van der Waals surface area contributed by atoms with Crippen LogP contribution < -0.4 is 5.73 Å². The molecule has 43 valence electrons. The van der Waals surface area contributed by atoms with E-state index < -0.39 is 15.2 Å². The molecule has 0 aliphatic carbocycles. The Morgan fingerprint density at radius 1 is 1.71 bits per heavy atom. The van der Waals surface area contributed by atoms with E-state index in [0.29, 0.717) is 0 Å². The summed E-state index contributed by atoms with van der Waals surface area (Å²) in [5.74, 6) is 0. The van der Waals surface area contributed by atoms with Gasteiger partial charge in [-0.15, -0.1) is 0 Å². The van der Waals surface area contributed by atoms with E-state index in [9.17, 15) is 8.42 Å². The third-order valence-corrected chi connectivity index (χ3v) is 1.65. The molecular formula is C3H8NO2S. The lowest BCUT2D eigenvalue weighted by molar-refractivity contribution is 0.595. The summed E-state index contributed by atoms with van der Waals surface area (Å²) in [6.07, 6.45) is 1.05. The maximum Gasteiger partial charge on any atom is 0.163 e. The van der Waals surface area contributed by atoms with Gasteiger partial charge < -0.3 is 5.73 Å². The molecule has 0 saturated carbocycles. The zero-order valence-electron chi connectivity index (χ0n) is 4.09. The van der Waals surface area contributed by atoms with Crippen molar-refractivity contribution in [2.24, 2.45) is 5.73 Å². The third kappa shape index (κ3) is 2.59. The Morgan fingerprint density at radius 2 is 1.86 bits per heavy atom. The topological polar surface area (TPSA) is 60.2 Å². The van der Waals surface area contributed by atoms with E-state index in [0.717, 1.165) is 6.26 Å². The van der Waals surface area contributed by atoms with E-state index >= 15 is 0 Å². The first-order chi connectivity index (χ1) is 2.94. The van der Waals surface area contributed by atoms with Crippen LogP contribution in [0.1, 0.15) is 0 Å². The highest BCUT2D eigenvalue weighted by molar-refractivity contribution is 7.91. The van der Waals surface area contributed by atoms with Gasteiger partial charge >= 0.3 is 0 Å². The monoisotopic (exact) mass is 122 g/mol. The highest BCUT2D eigenvalue weighted by Gasteiger charge is 2.06. The molecule has 0 aromatic heterocycles. The van der Waals surface area contributed by atoms with Crippen LogP contribution in [0.2, 0.25) is 0 Å². The Hall–Kier alpha value is -0.0900. The predicted octanol–water partition coefficient (Wildman–Crippen LogP) is -0.850. The fourth-order valence-corrected chi connectivity index (χ4v) is 0. The van der Waals surface area contributed by atoms with Crippen molar-refractivity contribution in [2.45, 2.75) is 5.37 Å². The van der Waals surface area contributed by atoms with Crippen LogP contribution in [0.4, 0.5) is 0 Å². The molecule has 4 heteroatoms. The van der Waals surface area contributed by atoms with Crippen LogP contribution in [0, 0.1) is 6.92 Å². The normalized spacial score (nSPS) is 16.4. The molecule has 1 radical (unpaired) electrons. The lowest BCUT2D eigenvalue weighted by Crippen LogP contribution is -2.25. The van der Waals surface area contributed by atoms with E-state index in [2.05, 4.69) is 6.92 Å². The minimum Gasteiger partial charge on any atom is -0.315 e. The number of rotatable bonds is 1. The van der Waals surface area contributed by atoms with Crippen LogP contribution in [0.3, 0.4) is 0 Å². The van der Waals surface area contributed by atoms with Crippen LogP contribution >= 0.6 is 0 Å². The molecule has 7 heavy (non-hydrogen) atoms. The first kappa shape index (κ1) is 6.91. The van der Waals surface area contributed by atoms with Crippen molar-refractivity contribution in [3.8, 4) is 0 Å². The molecule has 0 fully saturated rings. The average Bonchev–Trinajstić information content (AvgIpc) is 1.31. The Balaban J connectivity index is 4.10. The van der Waals surface area contributed by atoms with Crippen molar-refractivity contribution >= 4 is 9.84 Å². The van der Waals surface area contributed by atoms with Gasteiger partial charge in [-0.2, -0.15) is 0 Å². The summed E-state index contributed by atoms with van der Waals surface area (Å²) in [5, 5.41) is -0.979. The first-order valence-electron chi connectivity index (χ1n) is 1.72. The minimum atomic E-state index is -3.07. The quantitative estimate of drug-likeness (QED) is 0.493. The second kappa shape index (κ2) is 1.79. The smallest absolute Gasteiger partial charge is 0.163 e. The van der Waals surface area contributed by atoms with Gasteiger partial charge in [0, 0.05) is 6.26 Å². The zero-order valence-corrected chi connectivity index (χ0v) is 4.90. The third-order valence-electron chi connectivity index (χ3n) is 0.550. The Morgan fingerprint density at radius 3 is 1.86 bits per heavy atom. The molecule has 0 amide bonds. The summed E-state index contributed by atoms with van der Waals surface area (Å²) in [5.41, 5.74) is 4.87. The van der Waals surface area contributed by atoms with Crippen molar-refractivity contribution in [3.63, 3.8) is 0 Å². The zero-order chi connectivity index (χ0) is 6.08. The lowest BCUT2D eigenvalue weighted by Gasteiger charge is -1.96. The van der Waals surface area contributed by atoms with Crippen molar-refractivity contribution in [1.82, 2.24) is 0 Å². The van der Waals surface area contributed by atoms with Crippen molar-refractivity contribution in [2.75, 3.05) is 6.26 Å². The highest BCUT2D eigenvalue weighted by atomic mass is 32.2. The van der Waals surface area contributed by atoms with Gasteiger partial charge in [0.05, 0.1) is 0 Å². The molecule has 1 atom stereocenters. The maximum atomic E-state index is 10.1. The largest absolute Gasteiger partial charge is 0.315 e. The number of sulfone groups is 1. The molecule has 0 aliphatic heterocycles. The second-order valence-electron chi connectivity index (χ2n) is 1.37. The standard InChI is InChI=1S/C3H8NO2S/c1-3(4)7(2,5)6/h3H,1,4H2,2H3. The number of nitrogens with two attached hydrogens (primary N) is 1. The van der Waals surface area contributed by atoms with Crippen LogP contribution in [-0.4, -0.2) is 20.0 Å². The van der Waals surface area contributed by atoms with Gasteiger partial charge in [0.1, 0.15) is 5.37 Å². The molecular weight excluding hydrogens is 114 g/mol. The van der Waals surface area contributed by atoms with E-state index in [1.54, 1.807) is 0 Å². The van der Waals surface area contributed by atoms with E-state index in [4.69, 9.17) is 5.73 Å². The van der Waals surface area contributed by atoms with Gasteiger partial charge in [0.25, 0.3) is 0 Å². The van der Waals surface area contributed by atoms with E-state index in [1.165, 1.54) is 0 Å². The minimum absolute atomic E-state index is 0.979. The van der Waals surface area contributed by atoms with Gasteiger partial charge in [-0.25, -0.2) is 8.42 Å². The van der Waals surface area contributed by atoms with Crippen molar-refractivity contribution in [3.05, 3.63) is 6.92 Å². The molecule has 0 spiro atoms. The van der Waals surface area contributed by atoms with E-state index in [-0.39, 0.29) is 0 Å². The number of hydrogen-bond acceptors (Lipinski definition) is 3. The summed E-state index contributed by atoms with van der Waals surface area (Å²) in [6.45, 7) is 3.10. The Bertz CT molecular complexity index is 135. The molecule has 0 bridgehead atoms. The SMILES string of the molecule is [CH2]C(N)S(C)(=O)=O. The summed E-state index contributed by atoms with van der Waals surface area (Å²) in [4.78, 5) is 0. The molecule has 3 nitrogen and oxygen atoms in total. The molecule has 0 aromatic carbocycles. The van der Waals surface area contributed by atoms with Crippen molar-refractivity contribution in [1.29, 1.82) is 0 Å². The second-order valence-corrected chi connectivity index (χ2v) is 3.63. The average molecular weight is 122 g/mol. The lowest BCUT2D eigenvalue weighted by atomic mass is 10.8. The van der Waals surface area contributed by atoms with Gasteiger partial charge in [-0.1, -0.05) is 0 Å². The molecule has 2 N–H and O–H groups in total. The van der Waals surface area contributed by atoms with E-state index in [1.807, 2.05) is 0 Å². The molecule has 1 unspecified atom stereocenters. The van der Waals surface area contributed by atoms with Gasteiger partial charge in [0.15, 0.2) is 9.84 Å². The molecule has 0 rings (SSSR count). The molecule has 0 saturated heterocycles. The Kier molecular flexibility index (Phi) is 1.77. The molecule has 0 aromatic rings. The molecule has 0 heterocycles. The van der Waals surface area contributed by atoms with Crippen LogP contribution in [0.5, 0.6) is 0 Å². The van der Waals surface area contributed by atoms with Gasteiger partial charge in [0.2, 0.25) is 0 Å². The summed E-state index contributed by atoms with van der Waals surface area (Å²) < 4.78 is 20.3. The van der Waals surface area contributed by atoms with Crippen molar-refractivity contribution < 1.29 is 8.42 Å². The van der Waals surface area contributed by atoms with Gasteiger partial charge in [-0.05, 0) is 6.92 Å². The summed E-state index contributed by atoms with van der Waals surface area (Å²) >= 11 is 0. The summed E-state index contributed by atoms with van der Waals surface area (Å²) in [7, 11) is -3.07. The Labute approximate surface area is 43.4 Å². The maximum absolute atomic E-state index is 10.1. The van der Waals surface area contributed by atoms with Crippen LogP contribution in [0.15, 0.2) is 0 Å². The molecule has 0 aliphatic rings. The number of hydrogen-bond donors (Lipinski definition) is 1. The first-order valence-corrected chi connectivity index (χ1v) is 3.67. The fraction of sp³-hybridized carbons (Fsp3) is 0.667.